The Hall–Kier alpha value is -1.28. The number of para-hydroxylation sites is 1. The summed E-state index contributed by atoms with van der Waals surface area (Å²) in [5.41, 5.74) is 9.28. The molecule has 68 valence electrons. The predicted octanol–water partition coefficient (Wildman–Crippen LogP) is 2.19. The first-order valence-electron chi connectivity index (χ1n) is 4.64. The van der Waals surface area contributed by atoms with Crippen LogP contribution in [0.5, 0.6) is 0 Å². The first kappa shape index (κ1) is 8.32. The van der Waals surface area contributed by atoms with Crippen molar-refractivity contribution in [3.8, 4) is 0 Å². The highest BCUT2D eigenvalue weighted by molar-refractivity contribution is 5.83. The topological polar surface area (TPSA) is 41.8 Å². The molecule has 0 amide bonds. The van der Waals surface area contributed by atoms with E-state index in [0.29, 0.717) is 6.54 Å². The molecule has 0 unspecified atom stereocenters. The summed E-state index contributed by atoms with van der Waals surface area (Å²) < 4.78 is 0. The number of H-pyrrole nitrogens is 1. The zero-order valence-corrected chi connectivity index (χ0v) is 7.80. The summed E-state index contributed by atoms with van der Waals surface area (Å²) >= 11 is 0. The van der Waals surface area contributed by atoms with Crippen molar-refractivity contribution in [2.75, 3.05) is 0 Å². The lowest BCUT2D eigenvalue weighted by atomic mass is 10.1. The third-order valence-corrected chi connectivity index (χ3v) is 2.40. The van der Waals surface area contributed by atoms with Gasteiger partial charge < -0.3 is 10.7 Å². The Labute approximate surface area is 77.8 Å². The molecule has 0 bridgehead atoms. The minimum atomic E-state index is 0.581. The van der Waals surface area contributed by atoms with Crippen molar-refractivity contribution in [3.05, 3.63) is 35.5 Å². The fourth-order valence-electron chi connectivity index (χ4n) is 1.68. The average molecular weight is 174 g/mol. The van der Waals surface area contributed by atoms with Crippen LogP contribution in [-0.2, 0) is 13.0 Å². The molecule has 0 spiro atoms. The van der Waals surface area contributed by atoms with E-state index >= 15 is 0 Å². The first-order valence-corrected chi connectivity index (χ1v) is 4.64. The maximum atomic E-state index is 5.57. The van der Waals surface area contributed by atoms with E-state index in [1.165, 1.54) is 16.5 Å². The fraction of sp³-hybridized carbons (Fsp3) is 0.273. The highest BCUT2D eigenvalue weighted by Gasteiger charge is 2.02. The molecule has 0 atom stereocenters. The van der Waals surface area contributed by atoms with Crippen LogP contribution in [0.1, 0.15) is 18.2 Å². The number of hydrogen-bond acceptors (Lipinski definition) is 1. The fourth-order valence-corrected chi connectivity index (χ4v) is 1.68. The number of benzene rings is 1. The van der Waals surface area contributed by atoms with Gasteiger partial charge in [0.2, 0.25) is 0 Å². The van der Waals surface area contributed by atoms with Crippen molar-refractivity contribution < 1.29 is 0 Å². The van der Waals surface area contributed by atoms with E-state index in [-0.39, 0.29) is 0 Å². The van der Waals surface area contributed by atoms with Crippen LogP contribution in [0.2, 0.25) is 0 Å². The second-order valence-electron chi connectivity index (χ2n) is 3.23. The Morgan fingerprint density at radius 3 is 2.92 bits per heavy atom. The zero-order chi connectivity index (χ0) is 9.26. The minimum absolute atomic E-state index is 0.581. The standard InChI is InChI=1S/C11H14N2/c1-2-8-4-3-5-9-6-10(7-12)13-11(8)9/h3-6,13H,2,7,12H2,1H3. The van der Waals surface area contributed by atoms with Crippen molar-refractivity contribution in [2.45, 2.75) is 19.9 Å². The van der Waals surface area contributed by atoms with Crippen molar-refractivity contribution in [3.63, 3.8) is 0 Å². The van der Waals surface area contributed by atoms with Gasteiger partial charge in [0.25, 0.3) is 0 Å². The molecule has 1 aromatic heterocycles. The molecule has 0 fully saturated rings. The number of rotatable bonds is 2. The summed E-state index contributed by atoms with van der Waals surface area (Å²) in [5.74, 6) is 0. The van der Waals surface area contributed by atoms with Gasteiger partial charge >= 0.3 is 0 Å². The van der Waals surface area contributed by atoms with E-state index in [0.717, 1.165) is 12.1 Å². The van der Waals surface area contributed by atoms with Crippen LogP contribution >= 0.6 is 0 Å². The molecule has 1 heterocycles. The normalized spacial score (nSPS) is 10.9. The number of aromatic amines is 1. The van der Waals surface area contributed by atoms with Gasteiger partial charge in [-0.1, -0.05) is 25.1 Å². The Kier molecular flexibility index (Phi) is 2.07. The second-order valence-corrected chi connectivity index (χ2v) is 3.23. The third-order valence-electron chi connectivity index (χ3n) is 2.40. The molecule has 2 rings (SSSR count). The summed E-state index contributed by atoms with van der Waals surface area (Å²) in [7, 11) is 0. The molecular weight excluding hydrogens is 160 g/mol. The average Bonchev–Trinajstić information content (AvgIpc) is 2.59. The van der Waals surface area contributed by atoms with E-state index in [1.807, 2.05) is 0 Å². The SMILES string of the molecule is CCc1cccc2cc(CN)[nH]c12. The maximum Gasteiger partial charge on any atom is 0.0488 e. The number of nitrogens with two attached hydrogens (primary N) is 1. The Balaban J connectivity index is 2.67. The van der Waals surface area contributed by atoms with Gasteiger partial charge in [0.05, 0.1) is 0 Å². The predicted molar refractivity (Wildman–Crippen MR) is 55.6 cm³/mol. The Morgan fingerprint density at radius 2 is 2.23 bits per heavy atom. The van der Waals surface area contributed by atoms with Gasteiger partial charge in [0.15, 0.2) is 0 Å². The number of hydrogen-bond donors (Lipinski definition) is 2. The van der Waals surface area contributed by atoms with Crippen LogP contribution in [-0.4, -0.2) is 4.98 Å². The number of aromatic nitrogens is 1. The molecular formula is C11H14N2. The third kappa shape index (κ3) is 1.33. The number of fused-ring (bicyclic) bond motifs is 1. The summed E-state index contributed by atoms with van der Waals surface area (Å²) in [4.78, 5) is 3.34. The zero-order valence-electron chi connectivity index (χ0n) is 7.80. The first-order chi connectivity index (χ1) is 6.35. The lowest BCUT2D eigenvalue weighted by Gasteiger charge is -1.97. The van der Waals surface area contributed by atoms with Crippen LogP contribution in [0.15, 0.2) is 24.3 Å². The molecule has 2 nitrogen and oxygen atoms in total. The van der Waals surface area contributed by atoms with Gasteiger partial charge in [-0.3, -0.25) is 0 Å². The molecule has 0 saturated heterocycles. The lowest BCUT2D eigenvalue weighted by Crippen LogP contribution is -1.95. The molecule has 3 N–H and O–H groups in total. The van der Waals surface area contributed by atoms with Crippen LogP contribution < -0.4 is 5.73 Å². The molecule has 0 aliphatic carbocycles. The van der Waals surface area contributed by atoms with Gasteiger partial charge in [-0.05, 0) is 23.4 Å². The molecule has 1 aromatic carbocycles. The highest BCUT2D eigenvalue weighted by Crippen LogP contribution is 2.19. The van der Waals surface area contributed by atoms with Crippen LogP contribution in [0.25, 0.3) is 10.9 Å². The van der Waals surface area contributed by atoms with E-state index in [1.54, 1.807) is 0 Å². The molecule has 2 aromatic rings. The van der Waals surface area contributed by atoms with Crippen LogP contribution in [0.4, 0.5) is 0 Å². The van der Waals surface area contributed by atoms with Gasteiger partial charge in [0, 0.05) is 17.8 Å². The maximum absolute atomic E-state index is 5.57. The van der Waals surface area contributed by atoms with Crippen molar-refractivity contribution >= 4 is 10.9 Å². The monoisotopic (exact) mass is 174 g/mol. The van der Waals surface area contributed by atoms with Crippen molar-refractivity contribution in [2.24, 2.45) is 5.73 Å². The van der Waals surface area contributed by atoms with E-state index in [4.69, 9.17) is 5.73 Å². The minimum Gasteiger partial charge on any atom is -0.357 e. The summed E-state index contributed by atoms with van der Waals surface area (Å²) in [6.07, 6.45) is 1.06. The quantitative estimate of drug-likeness (QED) is 0.720. The summed E-state index contributed by atoms with van der Waals surface area (Å²) in [6.45, 7) is 2.75. The van der Waals surface area contributed by atoms with Crippen LogP contribution in [0.3, 0.4) is 0 Å². The summed E-state index contributed by atoms with van der Waals surface area (Å²) in [6, 6.07) is 8.48. The molecule has 0 aliphatic heterocycles. The summed E-state index contributed by atoms with van der Waals surface area (Å²) in [5, 5.41) is 1.26. The largest absolute Gasteiger partial charge is 0.357 e. The lowest BCUT2D eigenvalue weighted by molar-refractivity contribution is 1.02. The number of nitrogens with one attached hydrogen (secondary N) is 1. The Bertz CT molecular complexity index is 415. The van der Waals surface area contributed by atoms with E-state index < -0.39 is 0 Å². The van der Waals surface area contributed by atoms with Crippen LogP contribution in [0, 0.1) is 0 Å². The van der Waals surface area contributed by atoms with Gasteiger partial charge in [-0.2, -0.15) is 0 Å². The second kappa shape index (κ2) is 3.23. The van der Waals surface area contributed by atoms with Gasteiger partial charge in [-0.25, -0.2) is 0 Å². The van der Waals surface area contributed by atoms with Crippen molar-refractivity contribution in [1.29, 1.82) is 0 Å². The van der Waals surface area contributed by atoms with E-state index in [9.17, 15) is 0 Å². The van der Waals surface area contributed by atoms with Gasteiger partial charge in [0.1, 0.15) is 0 Å². The Morgan fingerprint density at radius 1 is 1.38 bits per heavy atom. The molecule has 0 radical (unpaired) electrons. The molecule has 13 heavy (non-hydrogen) atoms. The highest BCUT2D eigenvalue weighted by atomic mass is 14.7. The smallest absolute Gasteiger partial charge is 0.0488 e. The molecule has 2 heteroatoms. The van der Waals surface area contributed by atoms with Crippen molar-refractivity contribution in [1.82, 2.24) is 4.98 Å². The molecule has 0 aliphatic rings. The van der Waals surface area contributed by atoms with E-state index in [2.05, 4.69) is 36.2 Å². The number of aryl methyl sites for hydroxylation is 1. The molecule has 0 saturated carbocycles. The van der Waals surface area contributed by atoms with Gasteiger partial charge in [-0.15, -0.1) is 0 Å².